The molecule has 1 amide bonds. The first-order valence-corrected chi connectivity index (χ1v) is 10.6. The van der Waals surface area contributed by atoms with E-state index in [2.05, 4.69) is 17.1 Å². The van der Waals surface area contributed by atoms with Crippen LogP contribution in [0.25, 0.3) is 0 Å². The number of hydrogen-bond acceptors (Lipinski definition) is 4. The van der Waals surface area contributed by atoms with E-state index in [4.69, 9.17) is 0 Å². The first kappa shape index (κ1) is 20.9. The van der Waals surface area contributed by atoms with Crippen molar-refractivity contribution in [2.75, 3.05) is 40.3 Å². The zero-order chi connectivity index (χ0) is 19.5. The quantitative estimate of drug-likeness (QED) is 0.784. The van der Waals surface area contributed by atoms with Crippen molar-refractivity contribution < 1.29 is 13.2 Å². The number of carbonyl (C=O) groups is 1. The van der Waals surface area contributed by atoms with Crippen LogP contribution in [0.15, 0.2) is 17.0 Å². The van der Waals surface area contributed by atoms with E-state index in [1.807, 2.05) is 6.92 Å². The lowest BCUT2D eigenvalue weighted by molar-refractivity contribution is 0.0944. The second-order valence-corrected chi connectivity index (χ2v) is 9.65. The Bertz CT molecular complexity index is 754. The lowest BCUT2D eigenvalue weighted by Gasteiger charge is -2.21. The topological polar surface area (TPSA) is 69.7 Å². The summed E-state index contributed by atoms with van der Waals surface area (Å²) in [5.41, 5.74) is 1.86. The van der Waals surface area contributed by atoms with Crippen molar-refractivity contribution >= 4 is 15.9 Å². The van der Waals surface area contributed by atoms with Gasteiger partial charge in [-0.3, -0.25) is 4.79 Å². The highest BCUT2D eigenvalue weighted by Crippen LogP contribution is 2.23. The average Bonchev–Trinajstić information content (AvgIpc) is 3.07. The van der Waals surface area contributed by atoms with Crippen molar-refractivity contribution in [3.63, 3.8) is 0 Å². The molecular weight excluding hydrogens is 350 g/mol. The van der Waals surface area contributed by atoms with Gasteiger partial charge < -0.3 is 10.2 Å². The molecule has 0 bridgehead atoms. The fourth-order valence-electron chi connectivity index (χ4n) is 3.26. The van der Waals surface area contributed by atoms with Crippen molar-refractivity contribution in [2.24, 2.45) is 5.92 Å². The Balaban J connectivity index is 2.10. The van der Waals surface area contributed by atoms with Crippen LogP contribution in [0.1, 0.15) is 41.3 Å². The predicted octanol–water partition coefficient (Wildman–Crippen LogP) is 2.02. The average molecular weight is 382 g/mol. The summed E-state index contributed by atoms with van der Waals surface area (Å²) in [5, 5.41) is 2.95. The van der Waals surface area contributed by atoms with Crippen LogP contribution in [0.5, 0.6) is 0 Å². The Morgan fingerprint density at radius 3 is 2.42 bits per heavy atom. The molecule has 0 radical (unpaired) electrons. The Morgan fingerprint density at radius 2 is 1.85 bits per heavy atom. The molecule has 1 atom stereocenters. The Kier molecular flexibility index (Phi) is 6.82. The number of rotatable bonds is 7. The smallest absolute Gasteiger partial charge is 0.251 e. The minimum absolute atomic E-state index is 0.192. The summed E-state index contributed by atoms with van der Waals surface area (Å²) in [4.78, 5) is 15.2. The van der Waals surface area contributed by atoms with E-state index in [9.17, 15) is 13.2 Å². The van der Waals surface area contributed by atoms with Gasteiger partial charge in [0.1, 0.15) is 0 Å². The van der Waals surface area contributed by atoms with Gasteiger partial charge in [0.25, 0.3) is 5.91 Å². The second kappa shape index (κ2) is 8.50. The molecule has 0 aliphatic carbocycles. The number of likely N-dealkylation sites (tertiary alicyclic amines) is 1. The van der Waals surface area contributed by atoms with Gasteiger partial charge in [-0.15, -0.1) is 0 Å². The molecule has 1 unspecified atom stereocenters. The molecule has 1 aliphatic heterocycles. The van der Waals surface area contributed by atoms with Crippen LogP contribution in [0.2, 0.25) is 0 Å². The summed E-state index contributed by atoms with van der Waals surface area (Å²) < 4.78 is 26.2. The van der Waals surface area contributed by atoms with Gasteiger partial charge in [0.15, 0.2) is 0 Å². The summed E-state index contributed by atoms with van der Waals surface area (Å²) in [6, 6.07) is 3.24. The molecule has 1 aliphatic rings. The lowest BCUT2D eigenvalue weighted by atomic mass is 10.1. The third-order valence-electron chi connectivity index (χ3n) is 5.02. The molecule has 0 aromatic heterocycles. The molecule has 0 saturated carbocycles. The van der Waals surface area contributed by atoms with Crippen LogP contribution in [-0.4, -0.2) is 63.8 Å². The number of nitrogens with one attached hydrogen (secondary N) is 1. The first-order valence-electron chi connectivity index (χ1n) is 9.17. The Labute approximate surface area is 157 Å². The molecule has 6 nitrogen and oxygen atoms in total. The molecule has 1 fully saturated rings. The first-order chi connectivity index (χ1) is 12.1. The summed E-state index contributed by atoms with van der Waals surface area (Å²) >= 11 is 0. The summed E-state index contributed by atoms with van der Waals surface area (Å²) in [5.74, 6) is 0.130. The molecule has 146 valence electrons. The Hall–Kier alpha value is -1.44. The van der Waals surface area contributed by atoms with Crippen molar-refractivity contribution in [1.29, 1.82) is 0 Å². The maximum absolute atomic E-state index is 12.6. The number of nitrogens with zero attached hydrogens (tertiary/aromatic N) is 2. The number of sulfonamides is 1. The standard InChI is InChI=1S/C19H31N3O3S/c1-14(13-22-8-6-7-9-22)12-20-19(23)17-10-15(2)16(3)18(11-17)26(24,25)21(4)5/h10-11,14H,6-9,12-13H2,1-5H3,(H,20,23). The minimum Gasteiger partial charge on any atom is -0.352 e. The summed E-state index contributed by atoms with van der Waals surface area (Å²) in [7, 11) is -0.593. The van der Waals surface area contributed by atoms with Gasteiger partial charge in [-0.1, -0.05) is 6.92 Å². The maximum Gasteiger partial charge on any atom is 0.251 e. The van der Waals surface area contributed by atoms with E-state index in [0.717, 1.165) is 25.2 Å². The molecule has 2 rings (SSSR count). The van der Waals surface area contributed by atoms with Crippen molar-refractivity contribution in [1.82, 2.24) is 14.5 Å². The second-order valence-electron chi connectivity index (χ2n) is 7.53. The molecule has 7 heteroatoms. The fraction of sp³-hybridized carbons (Fsp3) is 0.632. The highest BCUT2D eigenvalue weighted by Gasteiger charge is 2.23. The minimum atomic E-state index is -3.59. The zero-order valence-electron chi connectivity index (χ0n) is 16.5. The summed E-state index contributed by atoms with van der Waals surface area (Å²) in [6.07, 6.45) is 2.51. The van der Waals surface area contributed by atoms with Crippen LogP contribution < -0.4 is 5.32 Å². The van der Waals surface area contributed by atoms with E-state index in [1.165, 1.54) is 37.3 Å². The third-order valence-corrected chi connectivity index (χ3v) is 6.96. The zero-order valence-corrected chi connectivity index (χ0v) is 17.3. The number of aryl methyl sites for hydroxylation is 1. The number of benzene rings is 1. The molecule has 0 spiro atoms. The highest BCUT2D eigenvalue weighted by atomic mass is 32.2. The van der Waals surface area contributed by atoms with Crippen LogP contribution >= 0.6 is 0 Å². The number of carbonyl (C=O) groups excluding carboxylic acids is 1. The van der Waals surface area contributed by atoms with E-state index in [1.54, 1.807) is 13.0 Å². The van der Waals surface area contributed by atoms with Crippen LogP contribution in [-0.2, 0) is 10.0 Å². The lowest BCUT2D eigenvalue weighted by Crippen LogP contribution is -2.34. The largest absolute Gasteiger partial charge is 0.352 e. The van der Waals surface area contributed by atoms with Gasteiger partial charge in [-0.05, 0) is 69.0 Å². The van der Waals surface area contributed by atoms with Gasteiger partial charge in [0.05, 0.1) is 4.90 Å². The van der Waals surface area contributed by atoms with E-state index >= 15 is 0 Å². The fourth-order valence-corrected chi connectivity index (χ4v) is 4.48. The van der Waals surface area contributed by atoms with E-state index in [0.29, 0.717) is 23.6 Å². The van der Waals surface area contributed by atoms with E-state index < -0.39 is 10.0 Å². The molecule has 1 saturated heterocycles. The molecule has 26 heavy (non-hydrogen) atoms. The normalized spacial score (nSPS) is 16.8. The van der Waals surface area contributed by atoms with Crippen LogP contribution in [0.3, 0.4) is 0 Å². The van der Waals surface area contributed by atoms with Gasteiger partial charge in [-0.25, -0.2) is 12.7 Å². The van der Waals surface area contributed by atoms with Gasteiger partial charge in [0.2, 0.25) is 10.0 Å². The molecule has 1 aromatic rings. The van der Waals surface area contributed by atoms with Crippen LogP contribution in [0.4, 0.5) is 0 Å². The van der Waals surface area contributed by atoms with Crippen LogP contribution in [0, 0.1) is 19.8 Å². The molecular formula is C19H31N3O3S. The molecule has 1 heterocycles. The number of amides is 1. The van der Waals surface area contributed by atoms with Crippen molar-refractivity contribution in [3.05, 3.63) is 28.8 Å². The van der Waals surface area contributed by atoms with Crippen molar-refractivity contribution in [2.45, 2.75) is 38.5 Å². The SMILES string of the molecule is Cc1cc(C(=O)NCC(C)CN2CCCC2)cc(S(=O)(=O)N(C)C)c1C. The predicted molar refractivity (Wildman–Crippen MR) is 104 cm³/mol. The third kappa shape index (κ3) is 4.84. The molecule has 1 N–H and O–H groups in total. The monoisotopic (exact) mass is 381 g/mol. The highest BCUT2D eigenvalue weighted by molar-refractivity contribution is 7.89. The van der Waals surface area contributed by atoms with Gasteiger partial charge in [0, 0.05) is 32.7 Å². The number of hydrogen-bond donors (Lipinski definition) is 1. The van der Waals surface area contributed by atoms with E-state index in [-0.39, 0.29) is 10.8 Å². The van der Waals surface area contributed by atoms with Crippen molar-refractivity contribution in [3.8, 4) is 0 Å². The molecule has 1 aromatic carbocycles. The summed E-state index contributed by atoms with van der Waals surface area (Å²) in [6.45, 7) is 9.57. The maximum atomic E-state index is 12.6. The Morgan fingerprint density at radius 1 is 1.23 bits per heavy atom. The van der Waals surface area contributed by atoms with Gasteiger partial charge in [-0.2, -0.15) is 0 Å². The van der Waals surface area contributed by atoms with Gasteiger partial charge >= 0.3 is 0 Å².